The Morgan fingerprint density at radius 3 is 2.81 bits per heavy atom. The third-order valence-corrected chi connectivity index (χ3v) is 3.43. The summed E-state index contributed by atoms with van der Waals surface area (Å²) in [5, 5.41) is 2.05. The van der Waals surface area contributed by atoms with Crippen LogP contribution >= 0.6 is 11.3 Å². The van der Waals surface area contributed by atoms with Gasteiger partial charge in [-0.1, -0.05) is 13.0 Å². The second-order valence-electron chi connectivity index (χ2n) is 3.70. The molecule has 4 N–H and O–H groups in total. The third-order valence-electron chi connectivity index (χ3n) is 2.57. The molecule has 1 rings (SSSR count). The maximum absolute atomic E-state index is 10.9. The summed E-state index contributed by atoms with van der Waals surface area (Å²) >= 11 is 1.71. The van der Waals surface area contributed by atoms with Crippen molar-refractivity contribution in [2.45, 2.75) is 25.9 Å². The van der Waals surface area contributed by atoms with Crippen LogP contribution in [0.4, 0.5) is 0 Å². The molecule has 0 aromatic carbocycles. The molecule has 0 saturated carbocycles. The number of nitrogens with zero attached hydrogens (tertiary/aromatic N) is 1. The maximum Gasteiger partial charge on any atom is 0.219 e. The fourth-order valence-electron chi connectivity index (χ4n) is 1.70. The van der Waals surface area contributed by atoms with Crippen molar-refractivity contribution in [1.82, 2.24) is 4.90 Å². The van der Waals surface area contributed by atoms with E-state index in [4.69, 9.17) is 11.5 Å². The van der Waals surface area contributed by atoms with Gasteiger partial charge in [-0.15, -0.1) is 11.3 Å². The minimum atomic E-state index is -0.292. The van der Waals surface area contributed by atoms with Gasteiger partial charge in [0.15, 0.2) is 0 Å². The molecule has 0 bridgehead atoms. The molecule has 0 radical (unpaired) electrons. The number of nitrogens with two attached hydrogens (primary N) is 2. The van der Waals surface area contributed by atoms with Gasteiger partial charge in [-0.3, -0.25) is 9.69 Å². The lowest BCUT2D eigenvalue weighted by atomic mass is 10.1. The van der Waals surface area contributed by atoms with E-state index in [9.17, 15) is 4.79 Å². The van der Waals surface area contributed by atoms with Gasteiger partial charge in [-0.2, -0.15) is 0 Å². The summed E-state index contributed by atoms with van der Waals surface area (Å²) in [6, 6.07) is 4.16. The van der Waals surface area contributed by atoms with Gasteiger partial charge in [0.2, 0.25) is 5.91 Å². The smallest absolute Gasteiger partial charge is 0.219 e. The minimum Gasteiger partial charge on any atom is -0.370 e. The van der Waals surface area contributed by atoms with Crippen molar-refractivity contribution < 1.29 is 4.79 Å². The zero-order chi connectivity index (χ0) is 12.0. The van der Waals surface area contributed by atoms with Crippen molar-refractivity contribution >= 4 is 17.2 Å². The van der Waals surface area contributed by atoms with Crippen molar-refractivity contribution in [2.75, 3.05) is 13.1 Å². The van der Waals surface area contributed by atoms with Crippen LogP contribution < -0.4 is 11.5 Å². The highest BCUT2D eigenvalue weighted by Crippen LogP contribution is 2.14. The molecule has 1 aromatic rings. The molecule has 1 heterocycles. The van der Waals surface area contributed by atoms with Gasteiger partial charge < -0.3 is 11.5 Å². The summed E-state index contributed by atoms with van der Waals surface area (Å²) in [5.41, 5.74) is 10.9. The molecule has 0 aliphatic carbocycles. The molecule has 5 heteroatoms. The molecule has 1 aromatic heterocycles. The van der Waals surface area contributed by atoms with Crippen LogP contribution in [0.5, 0.6) is 0 Å². The van der Waals surface area contributed by atoms with Crippen molar-refractivity contribution in [3.05, 3.63) is 22.4 Å². The maximum atomic E-state index is 10.9. The lowest BCUT2D eigenvalue weighted by Gasteiger charge is -2.28. The molecule has 0 spiro atoms. The molecule has 90 valence electrons. The Hall–Kier alpha value is -0.910. The Morgan fingerprint density at radius 1 is 1.62 bits per heavy atom. The van der Waals surface area contributed by atoms with E-state index in [1.165, 1.54) is 4.88 Å². The first-order valence-electron chi connectivity index (χ1n) is 5.42. The Labute approximate surface area is 100 Å². The molecule has 0 saturated heterocycles. The number of primary amides is 1. The first-order chi connectivity index (χ1) is 7.67. The monoisotopic (exact) mass is 241 g/mol. The van der Waals surface area contributed by atoms with E-state index >= 15 is 0 Å². The second-order valence-corrected chi connectivity index (χ2v) is 4.73. The average Bonchev–Trinajstić information content (AvgIpc) is 2.75. The predicted molar refractivity (Wildman–Crippen MR) is 67.1 cm³/mol. The van der Waals surface area contributed by atoms with E-state index in [0.717, 1.165) is 13.1 Å². The van der Waals surface area contributed by atoms with Crippen molar-refractivity contribution in [3.63, 3.8) is 0 Å². The highest BCUT2D eigenvalue weighted by atomic mass is 32.1. The van der Waals surface area contributed by atoms with Crippen molar-refractivity contribution in [2.24, 2.45) is 11.5 Å². The standard InChI is InChI=1S/C11H19N3OS/c1-2-14(8-10-4-3-5-16-10)9(7-12)6-11(13)15/h3-5,9H,2,6-8,12H2,1H3,(H2,13,15). The molecule has 1 unspecified atom stereocenters. The Balaban J connectivity index is 2.60. The predicted octanol–water partition coefficient (Wildman–Crippen LogP) is 0.773. The summed E-state index contributed by atoms with van der Waals surface area (Å²) < 4.78 is 0. The van der Waals surface area contributed by atoms with Gasteiger partial charge in [0.1, 0.15) is 0 Å². The zero-order valence-electron chi connectivity index (χ0n) is 9.56. The van der Waals surface area contributed by atoms with Gasteiger partial charge in [-0.05, 0) is 18.0 Å². The summed E-state index contributed by atoms with van der Waals surface area (Å²) in [6.07, 6.45) is 0.329. The van der Waals surface area contributed by atoms with Gasteiger partial charge in [0.05, 0.1) is 0 Å². The number of likely N-dealkylation sites (N-methyl/N-ethyl adjacent to an activating group) is 1. The second kappa shape index (κ2) is 6.62. The van der Waals surface area contributed by atoms with E-state index in [-0.39, 0.29) is 11.9 Å². The Bertz CT molecular complexity index is 313. The molecular formula is C11H19N3OS. The normalized spacial score (nSPS) is 12.9. The molecule has 16 heavy (non-hydrogen) atoms. The number of carbonyl (C=O) groups excluding carboxylic acids is 1. The molecule has 0 fully saturated rings. The van der Waals surface area contributed by atoms with Gasteiger partial charge in [0, 0.05) is 30.4 Å². The number of amides is 1. The number of carbonyl (C=O) groups is 1. The van der Waals surface area contributed by atoms with Crippen LogP contribution in [0.25, 0.3) is 0 Å². The van der Waals surface area contributed by atoms with E-state index in [1.54, 1.807) is 11.3 Å². The SMILES string of the molecule is CCN(Cc1cccs1)C(CN)CC(N)=O. The number of rotatable bonds is 7. The number of hydrogen-bond acceptors (Lipinski definition) is 4. The summed E-state index contributed by atoms with van der Waals surface area (Å²) in [4.78, 5) is 14.4. The highest BCUT2D eigenvalue weighted by molar-refractivity contribution is 7.09. The quantitative estimate of drug-likeness (QED) is 0.740. The van der Waals surface area contributed by atoms with Crippen LogP contribution in [0.1, 0.15) is 18.2 Å². The van der Waals surface area contributed by atoms with Crippen LogP contribution in [0.2, 0.25) is 0 Å². The van der Waals surface area contributed by atoms with Gasteiger partial charge in [0.25, 0.3) is 0 Å². The van der Waals surface area contributed by atoms with Crippen LogP contribution in [0.15, 0.2) is 17.5 Å². The molecule has 0 aliphatic heterocycles. The lowest BCUT2D eigenvalue weighted by Crippen LogP contribution is -2.42. The van der Waals surface area contributed by atoms with Crippen LogP contribution in [-0.2, 0) is 11.3 Å². The number of thiophene rings is 1. The van der Waals surface area contributed by atoms with E-state index in [1.807, 2.05) is 6.07 Å². The van der Waals surface area contributed by atoms with Crippen molar-refractivity contribution in [1.29, 1.82) is 0 Å². The van der Waals surface area contributed by atoms with Crippen LogP contribution in [0, 0.1) is 0 Å². The van der Waals surface area contributed by atoms with Gasteiger partial charge in [-0.25, -0.2) is 0 Å². The Morgan fingerprint density at radius 2 is 2.38 bits per heavy atom. The Kier molecular flexibility index (Phi) is 5.45. The van der Waals surface area contributed by atoms with E-state index in [0.29, 0.717) is 13.0 Å². The molecule has 4 nitrogen and oxygen atoms in total. The third kappa shape index (κ3) is 3.92. The molecule has 0 aliphatic rings. The first-order valence-corrected chi connectivity index (χ1v) is 6.30. The van der Waals surface area contributed by atoms with Crippen molar-refractivity contribution in [3.8, 4) is 0 Å². The molecule has 1 atom stereocenters. The highest BCUT2D eigenvalue weighted by Gasteiger charge is 2.18. The molecule has 1 amide bonds. The zero-order valence-corrected chi connectivity index (χ0v) is 10.4. The van der Waals surface area contributed by atoms with E-state index < -0.39 is 0 Å². The topological polar surface area (TPSA) is 72.3 Å². The average molecular weight is 241 g/mol. The fourth-order valence-corrected chi connectivity index (χ4v) is 2.42. The number of hydrogen-bond donors (Lipinski definition) is 2. The fraction of sp³-hybridized carbons (Fsp3) is 0.545. The van der Waals surface area contributed by atoms with Crippen LogP contribution in [-0.4, -0.2) is 29.9 Å². The summed E-state index contributed by atoms with van der Waals surface area (Å²) in [5.74, 6) is -0.292. The largest absolute Gasteiger partial charge is 0.370 e. The first kappa shape index (κ1) is 13.2. The summed E-state index contributed by atoms with van der Waals surface area (Å²) in [6.45, 7) is 4.23. The summed E-state index contributed by atoms with van der Waals surface area (Å²) in [7, 11) is 0. The molecular weight excluding hydrogens is 222 g/mol. The van der Waals surface area contributed by atoms with Gasteiger partial charge >= 0.3 is 0 Å². The van der Waals surface area contributed by atoms with E-state index in [2.05, 4.69) is 23.3 Å². The van der Waals surface area contributed by atoms with Crippen LogP contribution in [0.3, 0.4) is 0 Å². The lowest BCUT2D eigenvalue weighted by molar-refractivity contribution is -0.119. The minimum absolute atomic E-state index is 0.0459.